The van der Waals surface area contributed by atoms with Crippen molar-refractivity contribution in [1.29, 1.82) is 0 Å². The number of rotatable bonds is 3. The van der Waals surface area contributed by atoms with E-state index in [0.717, 1.165) is 23.2 Å². The summed E-state index contributed by atoms with van der Waals surface area (Å²) < 4.78 is 0. The molecule has 2 aromatic rings. The van der Waals surface area contributed by atoms with E-state index in [1.165, 1.54) is 4.90 Å². The molecule has 1 N–H and O–H groups in total. The van der Waals surface area contributed by atoms with Crippen LogP contribution < -0.4 is 10.2 Å². The summed E-state index contributed by atoms with van der Waals surface area (Å²) in [4.78, 5) is 41.0. The highest BCUT2D eigenvalue weighted by Crippen LogP contribution is 2.65. The van der Waals surface area contributed by atoms with Crippen LogP contribution in [0.1, 0.15) is 27.9 Å². The van der Waals surface area contributed by atoms with Crippen LogP contribution in [-0.2, 0) is 9.59 Å². The van der Waals surface area contributed by atoms with Gasteiger partial charge in [0.05, 0.1) is 17.5 Å². The first-order valence-corrected chi connectivity index (χ1v) is 11.0. The van der Waals surface area contributed by atoms with Crippen LogP contribution in [-0.4, -0.2) is 17.7 Å². The van der Waals surface area contributed by atoms with Crippen molar-refractivity contribution in [3.63, 3.8) is 0 Å². The number of nitrogens with one attached hydrogen (secondary N) is 1. The highest BCUT2D eigenvalue weighted by molar-refractivity contribution is 6.23. The zero-order valence-electron chi connectivity index (χ0n) is 17.5. The van der Waals surface area contributed by atoms with Crippen LogP contribution in [0.15, 0.2) is 54.6 Å². The van der Waals surface area contributed by atoms with Gasteiger partial charge >= 0.3 is 0 Å². The van der Waals surface area contributed by atoms with E-state index in [4.69, 9.17) is 0 Å². The van der Waals surface area contributed by atoms with Crippen LogP contribution in [0.3, 0.4) is 0 Å². The standard InChI is InChI=1S/C26H24N2O3/c1-13-5-3-6-14(2)23(13)27-24(29)15-7-4-8-16(11-15)28-25(30)21-17-9-10-18(20-12-19(17)20)22(21)26(28)31/h3-11,17-22H,12H2,1-2H3,(H,27,29)/t17-,18-,19-,20-,21+,22+/m1/s1. The highest BCUT2D eigenvalue weighted by atomic mass is 16.2. The lowest BCUT2D eigenvalue weighted by Gasteiger charge is -2.37. The van der Waals surface area contributed by atoms with Crippen molar-refractivity contribution in [2.45, 2.75) is 20.3 Å². The Kier molecular flexibility index (Phi) is 3.83. The number of carbonyl (C=O) groups excluding carboxylic acids is 3. The third-order valence-electron chi connectivity index (χ3n) is 7.75. The van der Waals surface area contributed by atoms with E-state index in [2.05, 4.69) is 17.5 Å². The van der Waals surface area contributed by atoms with Crippen molar-refractivity contribution in [2.24, 2.45) is 35.5 Å². The van der Waals surface area contributed by atoms with Crippen LogP contribution in [0.5, 0.6) is 0 Å². The van der Waals surface area contributed by atoms with E-state index in [0.29, 0.717) is 23.1 Å². The molecule has 1 saturated heterocycles. The molecule has 2 aromatic carbocycles. The molecule has 4 aliphatic carbocycles. The predicted octanol–water partition coefficient (Wildman–Crippen LogP) is 4.11. The monoisotopic (exact) mass is 412 g/mol. The SMILES string of the molecule is Cc1cccc(C)c1NC(=O)c1cccc(N2C(=O)[C@H]3[C@@H]4C=C[C@H]([C@H]5C[C@H]45)[C@@H]3C2=O)c1. The molecule has 0 radical (unpaired) electrons. The first-order chi connectivity index (χ1) is 15.0. The fourth-order valence-electron chi connectivity index (χ4n) is 6.20. The van der Waals surface area contributed by atoms with Gasteiger partial charge < -0.3 is 5.32 Å². The fraction of sp³-hybridized carbons (Fsp3) is 0.346. The lowest BCUT2D eigenvalue weighted by Crippen LogP contribution is -2.40. The quantitative estimate of drug-likeness (QED) is 0.609. The Morgan fingerprint density at radius 1 is 0.903 bits per heavy atom. The highest BCUT2D eigenvalue weighted by Gasteiger charge is 2.67. The molecule has 6 atom stereocenters. The molecule has 5 nitrogen and oxygen atoms in total. The molecular formula is C26H24N2O3. The molecular weight excluding hydrogens is 388 g/mol. The number of imide groups is 1. The second-order valence-electron chi connectivity index (χ2n) is 9.44. The second-order valence-corrected chi connectivity index (χ2v) is 9.44. The van der Waals surface area contributed by atoms with Crippen LogP contribution in [0, 0.1) is 49.4 Å². The summed E-state index contributed by atoms with van der Waals surface area (Å²) in [7, 11) is 0. The summed E-state index contributed by atoms with van der Waals surface area (Å²) in [5, 5.41) is 2.98. The summed E-state index contributed by atoms with van der Waals surface area (Å²) in [6, 6.07) is 12.7. The molecule has 1 heterocycles. The van der Waals surface area contributed by atoms with Gasteiger partial charge in [-0.1, -0.05) is 36.4 Å². The maximum Gasteiger partial charge on any atom is 0.255 e. The summed E-state index contributed by atoms with van der Waals surface area (Å²) in [6.07, 6.45) is 5.48. The summed E-state index contributed by atoms with van der Waals surface area (Å²) in [5.41, 5.74) is 3.69. The van der Waals surface area contributed by atoms with Gasteiger partial charge in [-0.05, 0) is 73.3 Å². The normalized spacial score (nSPS) is 32.1. The smallest absolute Gasteiger partial charge is 0.255 e. The van der Waals surface area contributed by atoms with E-state index >= 15 is 0 Å². The first-order valence-electron chi connectivity index (χ1n) is 11.0. The third-order valence-corrected chi connectivity index (χ3v) is 7.75. The van der Waals surface area contributed by atoms with Gasteiger partial charge in [-0.3, -0.25) is 14.4 Å². The Hall–Kier alpha value is -3.21. The van der Waals surface area contributed by atoms with Crippen LogP contribution in [0.2, 0.25) is 0 Å². The van der Waals surface area contributed by atoms with Gasteiger partial charge in [0.1, 0.15) is 0 Å². The average Bonchev–Trinajstić information content (AvgIpc) is 3.54. The first kappa shape index (κ1) is 18.6. The van der Waals surface area contributed by atoms with Crippen molar-refractivity contribution < 1.29 is 14.4 Å². The molecule has 2 bridgehead atoms. The Labute approximate surface area is 181 Å². The molecule has 5 heteroatoms. The molecule has 0 aromatic heterocycles. The van der Waals surface area contributed by atoms with Crippen LogP contribution in [0.25, 0.3) is 0 Å². The number of nitrogens with zero attached hydrogens (tertiary/aromatic N) is 1. The van der Waals surface area contributed by atoms with Crippen molar-refractivity contribution >= 4 is 29.1 Å². The fourth-order valence-corrected chi connectivity index (χ4v) is 6.20. The van der Waals surface area contributed by atoms with Gasteiger partial charge in [-0.25, -0.2) is 4.90 Å². The minimum absolute atomic E-state index is 0.105. The Balaban J connectivity index is 1.30. The number of hydrogen-bond acceptors (Lipinski definition) is 3. The lowest BCUT2D eigenvalue weighted by atomic mass is 9.63. The number of amides is 3. The van der Waals surface area contributed by atoms with Crippen molar-refractivity contribution in [3.05, 3.63) is 71.3 Å². The second kappa shape index (κ2) is 6.39. The number of para-hydroxylation sites is 1. The van der Waals surface area contributed by atoms with Gasteiger partial charge in [0.25, 0.3) is 5.91 Å². The minimum atomic E-state index is -0.251. The number of allylic oxidation sites excluding steroid dienone is 2. The molecule has 5 aliphatic rings. The average molecular weight is 412 g/mol. The maximum atomic E-state index is 13.3. The number of aryl methyl sites for hydroxylation is 2. The summed E-state index contributed by atoms with van der Waals surface area (Å²) in [6.45, 7) is 3.91. The van der Waals surface area contributed by atoms with Crippen LogP contribution in [0.4, 0.5) is 11.4 Å². The van der Waals surface area contributed by atoms with E-state index in [9.17, 15) is 14.4 Å². The van der Waals surface area contributed by atoms with Crippen molar-refractivity contribution in [2.75, 3.05) is 10.2 Å². The molecule has 156 valence electrons. The van der Waals surface area contributed by atoms with Gasteiger partial charge in [-0.2, -0.15) is 0 Å². The minimum Gasteiger partial charge on any atom is -0.322 e. The molecule has 1 aliphatic heterocycles. The molecule has 31 heavy (non-hydrogen) atoms. The van der Waals surface area contributed by atoms with Gasteiger partial charge in [-0.15, -0.1) is 0 Å². The number of carbonyl (C=O) groups is 3. The molecule has 0 spiro atoms. The Morgan fingerprint density at radius 2 is 1.48 bits per heavy atom. The predicted molar refractivity (Wildman–Crippen MR) is 118 cm³/mol. The Morgan fingerprint density at radius 3 is 2.10 bits per heavy atom. The van der Waals surface area contributed by atoms with Crippen molar-refractivity contribution in [1.82, 2.24) is 0 Å². The maximum absolute atomic E-state index is 13.3. The van der Waals surface area contributed by atoms with E-state index in [-0.39, 0.29) is 41.4 Å². The third kappa shape index (κ3) is 2.59. The van der Waals surface area contributed by atoms with Crippen molar-refractivity contribution in [3.8, 4) is 0 Å². The van der Waals surface area contributed by atoms with E-state index < -0.39 is 0 Å². The lowest BCUT2D eigenvalue weighted by molar-refractivity contribution is -0.124. The largest absolute Gasteiger partial charge is 0.322 e. The van der Waals surface area contributed by atoms with Gasteiger partial charge in [0.2, 0.25) is 11.8 Å². The van der Waals surface area contributed by atoms with E-state index in [1.54, 1.807) is 24.3 Å². The number of hydrogen-bond donors (Lipinski definition) is 1. The number of anilines is 2. The van der Waals surface area contributed by atoms with E-state index in [1.807, 2.05) is 32.0 Å². The zero-order valence-corrected chi connectivity index (χ0v) is 17.5. The molecule has 3 fully saturated rings. The summed E-state index contributed by atoms with van der Waals surface area (Å²) in [5.74, 6) is 0.591. The molecule has 0 unspecified atom stereocenters. The molecule has 2 saturated carbocycles. The topological polar surface area (TPSA) is 66.5 Å². The molecule has 7 rings (SSSR count). The zero-order chi connectivity index (χ0) is 21.4. The van der Waals surface area contributed by atoms with Gasteiger partial charge in [0, 0.05) is 11.3 Å². The summed E-state index contributed by atoms with van der Waals surface area (Å²) >= 11 is 0. The van der Waals surface area contributed by atoms with Crippen LogP contribution >= 0.6 is 0 Å². The molecule has 3 amide bonds. The van der Waals surface area contributed by atoms with Gasteiger partial charge in [0.15, 0.2) is 0 Å². The number of benzene rings is 2. The Bertz CT molecular complexity index is 1130.